The van der Waals surface area contributed by atoms with Crippen molar-refractivity contribution in [3.05, 3.63) is 28.0 Å². The number of aromatic amines is 1. The van der Waals surface area contributed by atoms with Crippen molar-refractivity contribution < 1.29 is 13.2 Å². The number of hydrogen-bond acceptors (Lipinski definition) is 1. The maximum atomic E-state index is 12.8. The lowest BCUT2D eigenvalue weighted by Gasteiger charge is -2.08. The van der Waals surface area contributed by atoms with Crippen molar-refractivity contribution in [3.8, 4) is 0 Å². The van der Waals surface area contributed by atoms with Gasteiger partial charge in [-0.2, -0.15) is 13.2 Å². The second kappa shape index (κ2) is 4.44. The quantitative estimate of drug-likeness (QED) is 0.626. The molecule has 0 saturated heterocycles. The topological polar surface area (TPSA) is 28.7 Å². The van der Waals surface area contributed by atoms with E-state index in [0.717, 1.165) is 6.07 Å². The Morgan fingerprint density at radius 3 is 2.28 bits per heavy atom. The Hall–Kier alpha value is -0.170. The molecule has 0 spiro atoms. The lowest BCUT2D eigenvalue weighted by molar-refractivity contribution is -0.136. The van der Waals surface area contributed by atoms with E-state index < -0.39 is 15.5 Å². The molecule has 0 aliphatic heterocycles. The number of nitrogens with zero attached hydrogens (tertiary/aromatic N) is 1. The minimum Gasteiger partial charge on any atom is -0.338 e. The molecule has 0 unspecified atom stereocenters. The highest BCUT2D eigenvalue weighted by molar-refractivity contribution is 9.10. The first kappa shape index (κ1) is 14.2. The van der Waals surface area contributed by atoms with E-state index in [0.29, 0.717) is 0 Å². The van der Waals surface area contributed by atoms with Crippen molar-refractivity contribution in [1.82, 2.24) is 9.97 Å². The zero-order valence-corrected chi connectivity index (χ0v) is 12.1. The smallest absolute Gasteiger partial charge is 0.338 e. The molecule has 98 valence electrons. The lowest BCUT2D eigenvalue weighted by Crippen LogP contribution is -2.06. The Bertz CT molecular complexity index is 603. The van der Waals surface area contributed by atoms with Gasteiger partial charge in [0.05, 0.1) is 16.6 Å². The van der Waals surface area contributed by atoms with Crippen LogP contribution in [0.15, 0.2) is 16.6 Å². The highest BCUT2D eigenvalue weighted by Gasteiger charge is 2.35. The van der Waals surface area contributed by atoms with Gasteiger partial charge in [0.25, 0.3) is 0 Å². The fourth-order valence-corrected chi connectivity index (χ4v) is 2.15. The van der Waals surface area contributed by atoms with Gasteiger partial charge >= 0.3 is 6.18 Å². The molecule has 1 heterocycles. The van der Waals surface area contributed by atoms with Crippen LogP contribution in [0, 0.1) is 0 Å². The fourth-order valence-electron chi connectivity index (χ4n) is 1.44. The summed E-state index contributed by atoms with van der Waals surface area (Å²) in [7, 11) is 0. The number of fused-ring (bicyclic) bond motifs is 1. The molecule has 0 aliphatic rings. The standard InChI is InChI=1S/C9H3BrCl3F3N2/c10-3-1-4(9(14,15)16)6-5(2-3)17-7(18-6)8(11,12)13/h1-2H,(H,17,18). The molecule has 0 aliphatic carbocycles. The molecular weight excluding hydrogens is 379 g/mol. The van der Waals surface area contributed by atoms with Gasteiger partial charge in [0.1, 0.15) is 0 Å². The summed E-state index contributed by atoms with van der Waals surface area (Å²) in [6.07, 6.45) is -4.53. The van der Waals surface area contributed by atoms with Crippen LogP contribution in [-0.4, -0.2) is 9.97 Å². The van der Waals surface area contributed by atoms with Crippen molar-refractivity contribution in [2.24, 2.45) is 0 Å². The molecule has 0 fully saturated rings. The van der Waals surface area contributed by atoms with Gasteiger partial charge in [-0.25, -0.2) is 4.98 Å². The van der Waals surface area contributed by atoms with Crippen LogP contribution < -0.4 is 0 Å². The average molecular weight is 382 g/mol. The van der Waals surface area contributed by atoms with E-state index in [-0.39, 0.29) is 21.3 Å². The molecule has 1 aromatic heterocycles. The van der Waals surface area contributed by atoms with Gasteiger partial charge in [-0.1, -0.05) is 50.7 Å². The number of H-pyrrole nitrogens is 1. The molecule has 9 heteroatoms. The maximum absolute atomic E-state index is 12.8. The minimum absolute atomic E-state index is 0.0676. The number of halogens is 7. The number of rotatable bonds is 0. The minimum atomic E-state index is -4.53. The van der Waals surface area contributed by atoms with Gasteiger partial charge in [-0.15, -0.1) is 0 Å². The summed E-state index contributed by atoms with van der Waals surface area (Å²) in [6, 6.07) is 2.34. The zero-order chi connectivity index (χ0) is 13.7. The monoisotopic (exact) mass is 380 g/mol. The molecule has 0 radical (unpaired) electrons. The molecule has 2 rings (SSSR count). The van der Waals surface area contributed by atoms with E-state index in [1.165, 1.54) is 6.07 Å². The van der Waals surface area contributed by atoms with Crippen LogP contribution in [0.3, 0.4) is 0 Å². The molecule has 2 nitrogen and oxygen atoms in total. The van der Waals surface area contributed by atoms with Gasteiger partial charge in [-0.05, 0) is 12.1 Å². The summed E-state index contributed by atoms with van der Waals surface area (Å²) >= 11 is 19.7. The molecule has 2 aromatic rings. The number of benzene rings is 1. The predicted octanol–water partition coefficient (Wildman–Crippen LogP) is 5.17. The molecule has 0 saturated carbocycles. The van der Waals surface area contributed by atoms with Crippen molar-refractivity contribution in [2.45, 2.75) is 9.97 Å². The van der Waals surface area contributed by atoms with Gasteiger partial charge in [0, 0.05) is 4.47 Å². The SMILES string of the molecule is FC(F)(F)c1cc(Br)cc2nc(C(Cl)(Cl)Cl)[nH]c12. The lowest BCUT2D eigenvalue weighted by atomic mass is 10.2. The van der Waals surface area contributed by atoms with Crippen molar-refractivity contribution in [1.29, 1.82) is 0 Å². The summed E-state index contributed by atoms with van der Waals surface area (Å²) < 4.78 is 36.8. The molecule has 0 amide bonds. The number of hydrogen-bond donors (Lipinski definition) is 1. The third kappa shape index (κ3) is 2.71. The average Bonchev–Trinajstić information content (AvgIpc) is 2.57. The number of nitrogens with one attached hydrogen (secondary N) is 1. The van der Waals surface area contributed by atoms with Gasteiger partial charge in [0.15, 0.2) is 5.82 Å². The van der Waals surface area contributed by atoms with E-state index in [1.54, 1.807) is 0 Å². The summed E-state index contributed by atoms with van der Waals surface area (Å²) in [5.74, 6) is -0.161. The van der Waals surface area contributed by atoms with Gasteiger partial charge in [-0.3, -0.25) is 0 Å². The first-order valence-corrected chi connectivity index (χ1v) is 6.35. The normalized spacial score (nSPS) is 13.3. The largest absolute Gasteiger partial charge is 0.418 e. The summed E-state index contributed by atoms with van der Waals surface area (Å²) in [6.45, 7) is 0. The third-order valence-corrected chi connectivity index (χ3v) is 3.13. The zero-order valence-electron chi connectivity index (χ0n) is 8.25. The van der Waals surface area contributed by atoms with E-state index in [2.05, 4.69) is 25.9 Å². The summed E-state index contributed by atoms with van der Waals surface area (Å²) in [5.41, 5.74) is -1.02. The van der Waals surface area contributed by atoms with E-state index in [4.69, 9.17) is 34.8 Å². The number of alkyl halides is 6. The number of imidazole rings is 1. The Balaban J connectivity index is 2.76. The second-order valence-corrected chi connectivity index (χ2v) is 6.63. The van der Waals surface area contributed by atoms with Gasteiger partial charge in [0.2, 0.25) is 3.79 Å². The van der Waals surface area contributed by atoms with Crippen LogP contribution in [0.25, 0.3) is 11.0 Å². The molecule has 1 aromatic carbocycles. The van der Waals surface area contributed by atoms with E-state index in [1.807, 2.05) is 0 Å². The highest BCUT2D eigenvalue weighted by atomic mass is 79.9. The van der Waals surface area contributed by atoms with Crippen LogP contribution in [0.2, 0.25) is 0 Å². The summed E-state index contributed by atoms with van der Waals surface area (Å²) in [5, 5.41) is 0. The third-order valence-electron chi connectivity index (χ3n) is 2.13. The van der Waals surface area contributed by atoms with Crippen molar-refractivity contribution in [2.75, 3.05) is 0 Å². The van der Waals surface area contributed by atoms with Crippen LogP contribution in [-0.2, 0) is 9.97 Å². The van der Waals surface area contributed by atoms with E-state index >= 15 is 0 Å². The van der Waals surface area contributed by atoms with Crippen molar-refractivity contribution in [3.63, 3.8) is 0 Å². The Morgan fingerprint density at radius 1 is 1.17 bits per heavy atom. The molecule has 1 N–H and O–H groups in total. The first-order valence-electron chi connectivity index (χ1n) is 4.42. The predicted molar refractivity (Wildman–Crippen MR) is 68.0 cm³/mol. The number of aromatic nitrogens is 2. The first-order chi connectivity index (χ1) is 8.09. The van der Waals surface area contributed by atoms with Crippen molar-refractivity contribution >= 4 is 61.8 Å². The second-order valence-electron chi connectivity index (χ2n) is 3.43. The van der Waals surface area contributed by atoms with Gasteiger partial charge < -0.3 is 4.98 Å². The fraction of sp³-hybridized carbons (Fsp3) is 0.222. The molecule has 0 atom stereocenters. The maximum Gasteiger partial charge on any atom is 0.418 e. The van der Waals surface area contributed by atoms with Crippen LogP contribution in [0.4, 0.5) is 13.2 Å². The van der Waals surface area contributed by atoms with Crippen LogP contribution in [0.5, 0.6) is 0 Å². The van der Waals surface area contributed by atoms with E-state index in [9.17, 15) is 13.2 Å². The summed E-state index contributed by atoms with van der Waals surface area (Å²) in [4.78, 5) is 6.23. The Morgan fingerprint density at radius 2 is 1.78 bits per heavy atom. The molecule has 18 heavy (non-hydrogen) atoms. The van der Waals surface area contributed by atoms with Crippen LogP contribution >= 0.6 is 50.7 Å². The Labute approximate surface area is 123 Å². The molecule has 0 bridgehead atoms. The van der Waals surface area contributed by atoms with Crippen LogP contribution in [0.1, 0.15) is 11.4 Å². The molecular formula is C9H3BrCl3F3N2. The Kier molecular flexibility index (Phi) is 3.51. The highest BCUT2D eigenvalue weighted by Crippen LogP contribution is 2.40.